The van der Waals surface area contributed by atoms with Gasteiger partial charge in [0.15, 0.2) is 9.84 Å². The molecule has 2 N–H and O–H groups in total. The summed E-state index contributed by atoms with van der Waals surface area (Å²) in [4.78, 5) is 28.4. The Balaban J connectivity index is 1.37. The molecule has 23 heavy (non-hydrogen) atoms. The second-order valence-electron chi connectivity index (χ2n) is 7.67. The van der Waals surface area contributed by atoms with Crippen LogP contribution in [0.25, 0.3) is 0 Å². The van der Waals surface area contributed by atoms with Gasteiger partial charge in [-0.05, 0) is 31.6 Å². The van der Waals surface area contributed by atoms with E-state index in [0.29, 0.717) is 36.9 Å². The Bertz CT molecular complexity index is 658. The molecule has 1 unspecified atom stereocenters. The number of fused-ring (bicyclic) bond motifs is 2. The number of amides is 2. The number of nitrogens with zero attached hydrogens (tertiary/aromatic N) is 2. The fraction of sp³-hybridized carbons (Fsp3) is 0.867. The van der Waals surface area contributed by atoms with E-state index in [-0.39, 0.29) is 17.9 Å². The molecule has 4 aliphatic rings. The van der Waals surface area contributed by atoms with Gasteiger partial charge in [0, 0.05) is 31.7 Å². The van der Waals surface area contributed by atoms with Crippen LogP contribution in [0.2, 0.25) is 0 Å². The summed E-state index contributed by atoms with van der Waals surface area (Å²) in [7, 11) is -2.84. The van der Waals surface area contributed by atoms with Crippen molar-refractivity contribution >= 4 is 21.7 Å². The Labute approximate surface area is 136 Å². The Morgan fingerprint density at radius 3 is 2.39 bits per heavy atom. The van der Waals surface area contributed by atoms with Crippen LogP contribution in [0.4, 0.5) is 0 Å². The number of hydrogen-bond donors (Lipinski definition) is 1. The molecule has 128 valence electrons. The van der Waals surface area contributed by atoms with Gasteiger partial charge in [0.1, 0.15) is 5.41 Å². The van der Waals surface area contributed by atoms with E-state index in [0.717, 1.165) is 25.9 Å². The van der Waals surface area contributed by atoms with Crippen molar-refractivity contribution in [3.05, 3.63) is 0 Å². The monoisotopic (exact) mass is 341 g/mol. The number of likely N-dealkylation sites (tertiary alicyclic amines) is 2. The minimum absolute atomic E-state index is 0.0828. The molecule has 7 nitrogen and oxygen atoms in total. The van der Waals surface area contributed by atoms with Crippen LogP contribution in [0.15, 0.2) is 0 Å². The second-order valence-corrected chi connectivity index (χ2v) is 9.90. The quantitative estimate of drug-likeness (QED) is 0.659. The molecule has 0 aromatic carbocycles. The van der Waals surface area contributed by atoms with Gasteiger partial charge < -0.3 is 10.6 Å². The molecule has 3 aliphatic heterocycles. The Kier molecular flexibility index (Phi) is 3.29. The van der Waals surface area contributed by atoms with Crippen molar-refractivity contribution in [2.75, 3.05) is 31.1 Å². The SMILES string of the molecule is NC(=O)C1(C(=O)N2C[C@@H]3C[C@H]2CN3CC2CCS(=O)(=O)C2)CC1. The molecule has 3 atom stereocenters. The van der Waals surface area contributed by atoms with Crippen molar-refractivity contribution in [1.29, 1.82) is 0 Å². The highest BCUT2D eigenvalue weighted by atomic mass is 32.2. The Morgan fingerprint density at radius 2 is 1.91 bits per heavy atom. The van der Waals surface area contributed by atoms with Crippen LogP contribution in [-0.4, -0.2) is 73.3 Å². The van der Waals surface area contributed by atoms with Crippen LogP contribution in [0.5, 0.6) is 0 Å². The first-order valence-corrected chi connectivity index (χ1v) is 10.2. The molecule has 2 bridgehead atoms. The maximum atomic E-state index is 12.6. The van der Waals surface area contributed by atoms with Gasteiger partial charge in [-0.1, -0.05) is 0 Å². The largest absolute Gasteiger partial charge is 0.369 e. The van der Waals surface area contributed by atoms with Gasteiger partial charge in [-0.3, -0.25) is 14.5 Å². The first-order valence-electron chi connectivity index (χ1n) is 8.36. The van der Waals surface area contributed by atoms with E-state index in [9.17, 15) is 18.0 Å². The summed E-state index contributed by atoms with van der Waals surface area (Å²) in [6, 6.07) is 0.457. The molecule has 0 spiro atoms. The van der Waals surface area contributed by atoms with E-state index in [1.165, 1.54) is 0 Å². The zero-order valence-electron chi connectivity index (χ0n) is 13.1. The standard InChI is InChI=1S/C15H23N3O4S/c16-13(19)15(2-3-15)14(20)18-8-11-5-12(18)7-17(11)6-10-1-4-23(21,22)9-10/h10-12H,1-9H2,(H2,16,19)/t10?,11-,12-/m0/s1. The number of carbonyl (C=O) groups excluding carboxylic acids is 2. The molecule has 4 fully saturated rings. The maximum Gasteiger partial charge on any atom is 0.238 e. The zero-order valence-corrected chi connectivity index (χ0v) is 13.9. The molecule has 2 amide bonds. The van der Waals surface area contributed by atoms with E-state index < -0.39 is 21.2 Å². The number of primary amides is 1. The number of carbonyl (C=O) groups is 2. The minimum atomic E-state index is -2.84. The summed E-state index contributed by atoms with van der Waals surface area (Å²) in [5.41, 5.74) is 4.49. The van der Waals surface area contributed by atoms with Crippen LogP contribution < -0.4 is 5.73 Å². The normalized spacial score (nSPS) is 37.2. The van der Waals surface area contributed by atoms with Crippen LogP contribution in [0.3, 0.4) is 0 Å². The first-order chi connectivity index (χ1) is 10.8. The molecular formula is C15H23N3O4S. The molecule has 0 aromatic heterocycles. The summed E-state index contributed by atoms with van der Waals surface area (Å²) in [6.45, 7) is 2.25. The van der Waals surface area contributed by atoms with Crippen molar-refractivity contribution in [2.24, 2.45) is 17.1 Å². The lowest BCUT2D eigenvalue weighted by Crippen LogP contribution is -2.53. The lowest BCUT2D eigenvalue weighted by molar-refractivity contribution is -0.144. The summed E-state index contributed by atoms with van der Waals surface area (Å²) in [5.74, 6) is 0.266. The van der Waals surface area contributed by atoms with E-state index in [1.807, 2.05) is 4.90 Å². The fourth-order valence-electron chi connectivity index (χ4n) is 4.53. The molecule has 0 aromatic rings. The minimum Gasteiger partial charge on any atom is -0.369 e. The lowest BCUT2D eigenvalue weighted by Gasteiger charge is -2.36. The lowest BCUT2D eigenvalue weighted by atomic mass is 10.0. The van der Waals surface area contributed by atoms with Gasteiger partial charge in [-0.15, -0.1) is 0 Å². The summed E-state index contributed by atoms with van der Waals surface area (Å²) in [5, 5.41) is 0. The van der Waals surface area contributed by atoms with Crippen molar-refractivity contribution in [2.45, 2.75) is 37.8 Å². The third-order valence-corrected chi connectivity index (χ3v) is 7.90. The van der Waals surface area contributed by atoms with E-state index >= 15 is 0 Å². The third kappa shape index (κ3) is 2.46. The maximum absolute atomic E-state index is 12.6. The van der Waals surface area contributed by atoms with E-state index in [2.05, 4.69) is 4.90 Å². The highest BCUT2D eigenvalue weighted by Gasteiger charge is 2.60. The molecule has 3 saturated heterocycles. The summed E-state index contributed by atoms with van der Waals surface area (Å²) in [6.07, 6.45) is 2.85. The predicted octanol–water partition coefficient (Wildman–Crippen LogP) is -1.03. The number of hydrogen-bond acceptors (Lipinski definition) is 5. The number of nitrogens with two attached hydrogens (primary N) is 1. The van der Waals surface area contributed by atoms with Gasteiger partial charge in [-0.25, -0.2) is 8.42 Å². The number of sulfone groups is 1. The molecule has 3 heterocycles. The number of piperazine rings is 1. The van der Waals surface area contributed by atoms with Crippen LogP contribution in [-0.2, 0) is 19.4 Å². The van der Waals surface area contributed by atoms with Gasteiger partial charge >= 0.3 is 0 Å². The summed E-state index contributed by atoms with van der Waals surface area (Å²) < 4.78 is 23.2. The smallest absolute Gasteiger partial charge is 0.238 e. The van der Waals surface area contributed by atoms with Crippen molar-refractivity contribution in [3.8, 4) is 0 Å². The highest BCUT2D eigenvalue weighted by Crippen LogP contribution is 2.49. The Hall–Kier alpha value is -1.15. The van der Waals surface area contributed by atoms with Gasteiger partial charge in [0.2, 0.25) is 11.8 Å². The average Bonchev–Trinajstić information content (AvgIpc) is 2.91. The van der Waals surface area contributed by atoms with Crippen LogP contribution in [0.1, 0.15) is 25.7 Å². The molecule has 8 heteroatoms. The topological polar surface area (TPSA) is 101 Å². The van der Waals surface area contributed by atoms with Crippen molar-refractivity contribution in [3.63, 3.8) is 0 Å². The second kappa shape index (κ2) is 4.92. The number of rotatable bonds is 4. The molecule has 1 saturated carbocycles. The van der Waals surface area contributed by atoms with Crippen LogP contribution in [0, 0.1) is 11.3 Å². The average molecular weight is 341 g/mol. The van der Waals surface area contributed by atoms with Crippen molar-refractivity contribution in [1.82, 2.24) is 9.80 Å². The zero-order chi connectivity index (χ0) is 16.4. The predicted molar refractivity (Wildman–Crippen MR) is 83.1 cm³/mol. The van der Waals surface area contributed by atoms with Gasteiger partial charge in [-0.2, -0.15) is 0 Å². The first kappa shape index (κ1) is 15.4. The third-order valence-electron chi connectivity index (χ3n) is 6.07. The van der Waals surface area contributed by atoms with E-state index in [1.54, 1.807) is 0 Å². The van der Waals surface area contributed by atoms with Crippen molar-refractivity contribution < 1.29 is 18.0 Å². The Morgan fingerprint density at radius 1 is 1.17 bits per heavy atom. The van der Waals surface area contributed by atoms with E-state index in [4.69, 9.17) is 5.73 Å². The summed E-state index contributed by atoms with van der Waals surface area (Å²) >= 11 is 0. The molecule has 0 radical (unpaired) electrons. The molecular weight excluding hydrogens is 318 g/mol. The molecule has 4 rings (SSSR count). The van der Waals surface area contributed by atoms with Gasteiger partial charge in [0.25, 0.3) is 0 Å². The van der Waals surface area contributed by atoms with Crippen LogP contribution >= 0.6 is 0 Å². The van der Waals surface area contributed by atoms with Gasteiger partial charge in [0.05, 0.1) is 11.5 Å². The molecule has 1 aliphatic carbocycles. The highest BCUT2D eigenvalue weighted by molar-refractivity contribution is 7.91. The fourth-order valence-corrected chi connectivity index (χ4v) is 6.38.